The summed E-state index contributed by atoms with van der Waals surface area (Å²) in [4.78, 5) is 9.62. The Hall–Kier alpha value is -1.77. The lowest BCUT2D eigenvalue weighted by Crippen LogP contribution is -2.19. The van der Waals surface area contributed by atoms with Crippen LogP contribution in [0.5, 0.6) is 0 Å². The molecule has 0 radical (unpaired) electrons. The van der Waals surface area contributed by atoms with Crippen molar-refractivity contribution in [2.45, 2.75) is 19.9 Å². The molecule has 16 heavy (non-hydrogen) atoms. The largest absolute Gasteiger partial charge is 0.365 e. The highest BCUT2D eigenvalue weighted by atomic mass is 15.2. The first-order valence-corrected chi connectivity index (χ1v) is 5.64. The highest BCUT2D eigenvalue weighted by Gasteiger charge is 2.19. The predicted molar refractivity (Wildman–Crippen MR) is 64.5 cm³/mol. The Morgan fingerprint density at radius 3 is 3.19 bits per heavy atom. The monoisotopic (exact) mass is 213 g/mol. The molecule has 0 aliphatic carbocycles. The molecule has 0 saturated heterocycles. The van der Waals surface area contributed by atoms with Crippen LogP contribution in [0, 0.1) is 6.92 Å². The van der Waals surface area contributed by atoms with Gasteiger partial charge in [-0.05, 0) is 30.5 Å². The fourth-order valence-corrected chi connectivity index (χ4v) is 2.30. The summed E-state index contributed by atoms with van der Waals surface area (Å²) in [5, 5.41) is 0. The third-order valence-electron chi connectivity index (χ3n) is 3.15. The summed E-state index contributed by atoms with van der Waals surface area (Å²) in [5.74, 6) is 0. The lowest BCUT2D eigenvalue weighted by Gasteiger charge is -2.18. The molecule has 1 aliphatic heterocycles. The quantitative estimate of drug-likeness (QED) is 0.830. The number of aromatic nitrogens is 2. The minimum Gasteiger partial charge on any atom is -0.365 e. The number of imidazole rings is 1. The van der Waals surface area contributed by atoms with Gasteiger partial charge in [-0.3, -0.25) is 0 Å². The molecule has 2 heterocycles. The van der Waals surface area contributed by atoms with Crippen LogP contribution < -0.4 is 4.90 Å². The van der Waals surface area contributed by atoms with Crippen molar-refractivity contribution in [3.63, 3.8) is 0 Å². The van der Waals surface area contributed by atoms with E-state index in [4.69, 9.17) is 0 Å². The standard InChI is InChI=1S/C13H15N3/c1-10-2-3-11-4-5-16(13(11)6-10)8-12-7-14-9-15-12/h2-3,6-7,9H,4-5,8H2,1H3,(H,14,15). The molecule has 1 aliphatic rings. The van der Waals surface area contributed by atoms with E-state index in [1.165, 1.54) is 22.5 Å². The maximum atomic E-state index is 4.06. The van der Waals surface area contributed by atoms with Gasteiger partial charge in [0.1, 0.15) is 0 Å². The van der Waals surface area contributed by atoms with Crippen molar-refractivity contribution in [2.24, 2.45) is 0 Å². The van der Waals surface area contributed by atoms with E-state index in [1.54, 1.807) is 6.33 Å². The summed E-state index contributed by atoms with van der Waals surface area (Å²) in [7, 11) is 0. The lowest BCUT2D eigenvalue weighted by molar-refractivity contribution is 0.819. The van der Waals surface area contributed by atoms with Crippen LogP contribution in [-0.4, -0.2) is 16.5 Å². The first-order chi connectivity index (χ1) is 7.83. The molecule has 0 atom stereocenters. The molecule has 0 amide bonds. The molecule has 3 nitrogen and oxygen atoms in total. The van der Waals surface area contributed by atoms with Gasteiger partial charge in [0.05, 0.1) is 18.6 Å². The molecule has 0 spiro atoms. The van der Waals surface area contributed by atoms with Gasteiger partial charge in [0.25, 0.3) is 0 Å². The second kappa shape index (κ2) is 3.67. The summed E-state index contributed by atoms with van der Waals surface area (Å²) >= 11 is 0. The van der Waals surface area contributed by atoms with Crippen LogP contribution in [0.1, 0.15) is 16.8 Å². The zero-order valence-electron chi connectivity index (χ0n) is 9.40. The van der Waals surface area contributed by atoms with Crippen LogP contribution in [-0.2, 0) is 13.0 Å². The topological polar surface area (TPSA) is 31.9 Å². The van der Waals surface area contributed by atoms with Gasteiger partial charge in [-0.15, -0.1) is 0 Å². The Labute approximate surface area is 95.1 Å². The van der Waals surface area contributed by atoms with Crippen LogP contribution >= 0.6 is 0 Å². The normalized spacial score (nSPS) is 14.2. The molecule has 82 valence electrons. The van der Waals surface area contributed by atoms with E-state index >= 15 is 0 Å². The minimum absolute atomic E-state index is 0.927. The summed E-state index contributed by atoms with van der Waals surface area (Å²) < 4.78 is 0. The number of hydrogen-bond donors (Lipinski definition) is 1. The number of hydrogen-bond acceptors (Lipinski definition) is 2. The first kappa shape index (κ1) is 9.46. The zero-order valence-corrected chi connectivity index (χ0v) is 9.40. The van der Waals surface area contributed by atoms with Gasteiger partial charge in [-0.2, -0.15) is 0 Å². The Kier molecular flexibility index (Phi) is 2.17. The van der Waals surface area contributed by atoms with Crippen molar-refractivity contribution in [2.75, 3.05) is 11.4 Å². The van der Waals surface area contributed by atoms with Crippen molar-refractivity contribution in [1.29, 1.82) is 0 Å². The van der Waals surface area contributed by atoms with E-state index in [0.29, 0.717) is 0 Å². The molecule has 3 heteroatoms. The number of benzene rings is 1. The number of nitrogens with one attached hydrogen (secondary N) is 1. The average Bonchev–Trinajstić information content (AvgIpc) is 2.90. The first-order valence-electron chi connectivity index (χ1n) is 5.64. The highest BCUT2D eigenvalue weighted by molar-refractivity contribution is 5.59. The SMILES string of the molecule is Cc1ccc2c(c1)N(Cc1cnc[nH]1)CC2. The molecule has 0 unspecified atom stereocenters. The van der Waals surface area contributed by atoms with Gasteiger partial charge in [0, 0.05) is 18.4 Å². The number of nitrogens with zero attached hydrogens (tertiary/aromatic N) is 2. The van der Waals surface area contributed by atoms with E-state index in [2.05, 4.69) is 40.0 Å². The van der Waals surface area contributed by atoms with Gasteiger partial charge < -0.3 is 9.88 Å². The molecule has 3 rings (SSSR count). The Bertz CT molecular complexity index is 488. The fourth-order valence-electron chi connectivity index (χ4n) is 2.30. The van der Waals surface area contributed by atoms with Crippen LogP contribution in [0.2, 0.25) is 0 Å². The molecule has 1 aromatic carbocycles. The van der Waals surface area contributed by atoms with Crippen LogP contribution in [0.15, 0.2) is 30.7 Å². The van der Waals surface area contributed by atoms with Gasteiger partial charge in [0.15, 0.2) is 0 Å². The average molecular weight is 213 g/mol. The Morgan fingerprint density at radius 1 is 1.44 bits per heavy atom. The fraction of sp³-hybridized carbons (Fsp3) is 0.308. The second-order valence-corrected chi connectivity index (χ2v) is 4.38. The second-order valence-electron chi connectivity index (χ2n) is 4.38. The molecule has 0 bridgehead atoms. The molecular formula is C13H15N3. The lowest BCUT2D eigenvalue weighted by atomic mass is 10.1. The van der Waals surface area contributed by atoms with E-state index in [0.717, 1.165) is 19.5 Å². The summed E-state index contributed by atoms with van der Waals surface area (Å²) in [6.07, 6.45) is 4.79. The van der Waals surface area contributed by atoms with Crippen LogP contribution in [0.3, 0.4) is 0 Å². The molecular weight excluding hydrogens is 198 g/mol. The zero-order chi connectivity index (χ0) is 11.0. The number of fused-ring (bicyclic) bond motifs is 1. The van der Waals surface area contributed by atoms with Gasteiger partial charge in [-0.25, -0.2) is 4.98 Å². The Balaban J connectivity index is 1.88. The maximum Gasteiger partial charge on any atom is 0.0922 e. The number of aryl methyl sites for hydroxylation is 1. The molecule has 1 N–H and O–H groups in total. The highest BCUT2D eigenvalue weighted by Crippen LogP contribution is 2.29. The number of H-pyrrole nitrogens is 1. The van der Waals surface area contributed by atoms with E-state index in [9.17, 15) is 0 Å². The molecule has 2 aromatic rings. The number of aromatic amines is 1. The van der Waals surface area contributed by atoms with Gasteiger partial charge >= 0.3 is 0 Å². The minimum atomic E-state index is 0.927. The van der Waals surface area contributed by atoms with Gasteiger partial charge in [-0.1, -0.05) is 12.1 Å². The molecule has 0 saturated carbocycles. The maximum absolute atomic E-state index is 4.06. The van der Waals surface area contributed by atoms with E-state index in [1.807, 2.05) is 6.20 Å². The van der Waals surface area contributed by atoms with Crippen LogP contribution in [0.4, 0.5) is 5.69 Å². The van der Waals surface area contributed by atoms with Crippen molar-refractivity contribution >= 4 is 5.69 Å². The van der Waals surface area contributed by atoms with Crippen molar-refractivity contribution < 1.29 is 0 Å². The van der Waals surface area contributed by atoms with Crippen molar-refractivity contribution in [1.82, 2.24) is 9.97 Å². The smallest absolute Gasteiger partial charge is 0.0922 e. The summed E-state index contributed by atoms with van der Waals surface area (Å²) in [5.41, 5.74) is 5.35. The van der Waals surface area contributed by atoms with Crippen LogP contribution in [0.25, 0.3) is 0 Å². The third-order valence-corrected chi connectivity index (χ3v) is 3.15. The van der Waals surface area contributed by atoms with E-state index < -0.39 is 0 Å². The van der Waals surface area contributed by atoms with E-state index in [-0.39, 0.29) is 0 Å². The predicted octanol–water partition coefficient (Wildman–Crippen LogP) is 2.28. The van der Waals surface area contributed by atoms with Crippen molar-refractivity contribution in [3.8, 4) is 0 Å². The molecule has 1 aromatic heterocycles. The third kappa shape index (κ3) is 1.58. The number of anilines is 1. The summed E-state index contributed by atoms with van der Waals surface area (Å²) in [6.45, 7) is 4.18. The molecule has 0 fully saturated rings. The summed E-state index contributed by atoms with van der Waals surface area (Å²) in [6, 6.07) is 6.72. The Morgan fingerprint density at radius 2 is 2.38 bits per heavy atom. The van der Waals surface area contributed by atoms with Crippen molar-refractivity contribution in [3.05, 3.63) is 47.5 Å². The number of rotatable bonds is 2. The van der Waals surface area contributed by atoms with Gasteiger partial charge in [0.2, 0.25) is 0 Å².